The molecule has 6 rings (SSSR count). The van der Waals surface area contributed by atoms with E-state index in [1.54, 1.807) is 10.6 Å². The summed E-state index contributed by atoms with van der Waals surface area (Å²) in [4.78, 5) is 16.3. The number of benzene rings is 1. The predicted molar refractivity (Wildman–Crippen MR) is 151 cm³/mol. The quantitative estimate of drug-likeness (QED) is 0.223. The second-order valence-corrected chi connectivity index (χ2v) is 13.4. The number of H-pyrrole nitrogens is 1. The summed E-state index contributed by atoms with van der Waals surface area (Å²) in [6, 6.07) is 6.28. The molecule has 2 aliphatic carbocycles. The Morgan fingerprint density at radius 3 is 2.71 bits per heavy atom. The minimum atomic E-state index is -4.41. The maximum absolute atomic E-state index is 13.0. The van der Waals surface area contributed by atoms with Gasteiger partial charge in [0.2, 0.25) is 10.0 Å². The average molecular weight is 590 g/mol. The summed E-state index contributed by atoms with van der Waals surface area (Å²) in [6.07, 6.45) is 7.45. The first-order valence-corrected chi connectivity index (χ1v) is 16.0. The van der Waals surface area contributed by atoms with E-state index in [4.69, 9.17) is 0 Å². The van der Waals surface area contributed by atoms with Gasteiger partial charge in [-0.1, -0.05) is 0 Å². The van der Waals surface area contributed by atoms with Gasteiger partial charge in [0.1, 0.15) is 23.6 Å². The van der Waals surface area contributed by atoms with Gasteiger partial charge in [0.25, 0.3) is 0 Å². The Kier molecular flexibility index (Phi) is 7.43. The number of nitrogens with one attached hydrogen (secondary N) is 2. The summed E-state index contributed by atoms with van der Waals surface area (Å²) < 4.78 is 68.0. The summed E-state index contributed by atoms with van der Waals surface area (Å²) in [6.45, 7) is 0.872. The van der Waals surface area contributed by atoms with Crippen LogP contribution < -0.4 is 5.32 Å². The normalized spacial score (nSPS) is 20.0. The summed E-state index contributed by atoms with van der Waals surface area (Å²) in [5.74, 6) is 1.72. The molecular formula is C28H34F3N7O2S. The molecule has 0 bridgehead atoms. The molecule has 2 saturated carbocycles. The fourth-order valence-corrected chi connectivity index (χ4v) is 6.83. The van der Waals surface area contributed by atoms with Crippen molar-refractivity contribution in [3.8, 4) is 0 Å². The number of imidazole rings is 1. The Morgan fingerprint density at radius 2 is 1.95 bits per heavy atom. The topological polar surface area (TPSA) is 109 Å². The van der Waals surface area contributed by atoms with E-state index in [0.717, 1.165) is 48.2 Å². The van der Waals surface area contributed by atoms with E-state index in [-0.39, 0.29) is 12.0 Å². The monoisotopic (exact) mass is 589 g/mol. The SMILES string of the molecule is CS(=O)(=O)N(CCCCc1nc2ccc(C(F)(F)F)cc2[nH]1)CC1CC[C@H](n2ccc3c(NC4CC4)ncnc32)C1. The number of alkyl halides is 3. The summed E-state index contributed by atoms with van der Waals surface area (Å²) >= 11 is 0. The smallest absolute Gasteiger partial charge is 0.367 e. The molecule has 2 aliphatic rings. The highest BCUT2D eigenvalue weighted by Gasteiger charge is 2.32. The molecule has 0 radical (unpaired) electrons. The number of nitrogens with zero attached hydrogens (tertiary/aromatic N) is 5. The Morgan fingerprint density at radius 1 is 1.12 bits per heavy atom. The van der Waals surface area contributed by atoms with Crippen molar-refractivity contribution < 1.29 is 21.6 Å². The van der Waals surface area contributed by atoms with Crippen LogP contribution in [0.4, 0.5) is 19.0 Å². The van der Waals surface area contributed by atoms with Crippen molar-refractivity contribution in [2.45, 2.75) is 69.6 Å². The number of anilines is 1. The van der Waals surface area contributed by atoms with Crippen molar-refractivity contribution in [1.82, 2.24) is 28.8 Å². The van der Waals surface area contributed by atoms with E-state index in [1.807, 2.05) is 0 Å². The first kappa shape index (κ1) is 28.0. The van der Waals surface area contributed by atoms with Crippen LogP contribution in [0.1, 0.15) is 62.4 Å². The molecule has 2 atom stereocenters. The van der Waals surface area contributed by atoms with E-state index in [2.05, 4.69) is 42.1 Å². The molecule has 3 heterocycles. The van der Waals surface area contributed by atoms with Crippen molar-refractivity contribution in [3.05, 3.63) is 48.2 Å². The molecule has 9 nitrogen and oxygen atoms in total. The zero-order chi connectivity index (χ0) is 28.8. The van der Waals surface area contributed by atoms with Crippen LogP contribution in [0, 0.1) is 5.92 Å². The van der Waals surface area contributed by atoms with E-state index < -0.39 is 21.8 Å². The van der Waals surface area contributed by atoms with Gasteiger partial charge >= 0.3 is 6.18 Å². The van der Waals surface area contributed by atoms with Gasteiger partial charge in [0.05, 0.1) is 28.2 Å². The molecule has 1 aromatic carbocycles. The predicted octanol–water partition coefficient (Wildman–Crippen LogP) is 5.53. The molecule has 2 fully saturated rings. The number of sulfonamides is 1. The van der Waals surface area contributed by atoms with Gasteiger partial charge in [-0.15, -0.1) is 0 Å². The molecule has 0 amide bonds. The number of aromatic amines is 1. The number of aryl methyl sites for hydroxylation is 1. The van der Waals surface area contributed by atoms with Crippen LogP contribution in [0.3, 0.4) is 0 Å². The molecule has 220 valence electrons. The van der Waals surface area contributed by atoms with Crippen molar-refractivity contribution >= 4 is 37.9 Å². The zero-order valence-electron chi connectivity index (χ0n) is 22.9. The van der Waals surface area contributed by atoms with Gasteiger partial charge in [0, 0.05) is 37.8 Å². The summed E-state index contributed by atoms with van der Waals surface area (Å²) in [5, 5.41) is 4.50. The Hall–Kier alpha value is -3.19. The summed E-state index contributed by atoms with van der Waals surface area (Å²) in [7, 11) is -3.39. The lowest BCUT2D eigenvalue weighted by Crippen LogP contribution is -2.35. The molecule has 3 aromatic heterocycles. The molecule has 0 spiro atoms. The van der Waals surface area contributed by atoms with Gasteiger partial charge in [-0.25, -0.2) is 27.7 Å². The molecule has 2 N–H and O–H groups in total. The average Bonchev–Trinajstić information content (AvgIpc) is 3.27. The highest BCUT2D eigenvalue weighted by molar-refractivity contribution is 7.88. The second-order valence-electron chi connectivity index (χ2n) is 11.4. The van der Waals surface area contributed by atoms with Crippen LogP contribution in [0.25, 0.3) is 22.1 Å². The van der Waals surface area contributed by atoms with E-state index in [1.165, 1.54) is 25.2 Å². The highest BCUT2D eigenvalue weighted by atomic mass is 32.2. The molecule has 4 aromatic rings. The molecule has 13 heteroatoms. The van der Waals surface area contributed by atoms with Gasteiger partial charge in [-0.05, 0) is 75.1 Å². The number of rotatable bonds is 11. The Balaban J connectivity index is 1.04. The molecular weight excluding hydrogens is 555 g/mol. The van der Waals surface area contributed by atoms with Crippen LogP contribution in [-0.4, -0.2) is 62.6 Å². The lowest BCUT2D eigenvalue weighted by atomic mass is 10.1. The van der Waals surface area contributed by atoms with E-state index in [9.17, 15) is 21.6 Å². The van der Waals surface area contributed by atoms with Gasteiger partial charge in [-0.3, -0.25) is 0 Å². The minimum absolute atomic E-state index is 0.247. The largest absolute Gasteiger partial charge is 0.416 e. The van der Waals surface area contributed by atoms with Crippen LogP contribution >= 0.6 is 0 Å². The molecule has 0 saturated heterocycles. The maximum Gasteiger partial charge on any atom is 0.416 e. The lowest BCUT2D eigenvalue weighted by Gasteiger charge is -2.23. The molecule has 41 heavy (non-hydrogen) atoms. The second kappa shape index (κ2) is 10.9. The Labute approximate surface area is 236 Å². The minimum Gasteiger partial charge on any atom is -0.367 e. The number of hydrogen-bond donors (Lipinski definition) is 2. The third-order valence-electron chi connectivity index (χ3n) is 8.19. The van der Waals surface area contributed by atoms with Crippen LogP contribution in [0.2, 0.25) is 0 Å². The fraction of sp³-hybridized carbons (Fsp3) is 0.536. The van der Waals surface area contributed by atoms with Gasteiger partial charge in [-0.2, -0.15) is 13.2 Å². The van der Waals surface area contributed by atoms with Crippen LogP contribution in [0.15, 0.2) is 36.8 Å². The number of hydrogen-bond acceptors (Lipinski definition) is 6. The molecule has 1 unspecified atom stereocenters. The van der Waals surface area contributed by atoms with Crippen molar-refractivity contribution in [2.75, 3.05) is 24.7 Å². The van der Waals surface area contributed by atoms with Crippen molar-refractivity contribution in [3.63, 3.8) is 0 Å². The first-order valence-electron chi connectivity index (χ1n) is 14.1. The standard InChI is InChI=1S/C28H34F3N7O2S/c1-41(39,40)37(12-3-2-4-25-35-23-10-6-19(28(29,30)31)15-24(23)36-25)16-18-5-9-21(14-18)38-13-11-22-26(34-20-7-8-20)32-17-33-27(22)38/h6,10-11,13,15,17-18,20-21H,2-5,7-9,12,14,16H2,1H3,(H,35,36)(H,32,33,34)/t18?,21-/m0/s1. The van der Waals surface area contributed by atoms with E-state index in [0.29, 0.717) is 55.3 Å². The van der Waals surface area contributed by atoms with Crippen molar-refractivity contribution in [1.29, 1.82) is 0 Å². The van der Waals surface area contributed by atoms with E-state index >= 15 is 0 Å². The fourth-order valence-electron chi connectivity index (χ4n) is 5.89. The van der Waals surface area contributed by atoms with Crippen LogP contribution in [-0.2, 0) is 22.6 Å². The summed E-state index contributed by atoms with van der Waals surface area (Å²) in [5.41, 5.74) is 1.03. The number of unbranched alkanes of at least 4 members (excludes halogenated alkanes) is 1. The van der Waals surface area contributed by atoms with Gasteiger partial charge in [0.15, 0.2) is 0 Å². The highest BCUT2D eigenvalue weighted by Crippen LogP contribution is 2.38. The molecule has 0 aliphatic heterocycles. The number of aromatic nitrogens is 5. The Bertz CT molecular complexity index is 1650. The number of fused-ring (bicyclic) bond motifs is 2. The third kappa shape index (κ3) is 6.35. The maximum atomic E-state index is 13.0. The first-order chi connectivity index (χ1) is 19.5. The zero-order valence-corrected chi connectivity index (χ0v) is 23.7. The number of halogens is 3. The van der Waals surface area contributed by atoms with Gasteiger partial charge < -0.3 is 14.9 Å². The van der Waals surface area contributed by atoms with Crippen molar-refractivity contribution in [2.24, 2.45) is 5.92 Å². The van der Waals surface area contributed by atoms with Crippen LogP contribution in [0.5, 0.6) is 0 Å². The lowest BCUT2D eigenvalue weighted by molar-refractivity contribution is -0.137. The third-order valence-corrected chi connectivity index (χ3v) is 9.46.